The first kappa shape index (κ1) is 68.0. The van der Waals surface area contributed by atoms with Crippen LogP contribution in [0, 0.1) is 0 Å². The molecular formula is C61H102O14. The Hall–Kier alpha value is -3.09. The number of hydrogen-bond acceptors (Lipinski definition) is 14. The van der Waals surface area contributed by atoms with Crippen LogP contribution in [0.3, 0.4) is 0 Å². The average molecular weight is 1060 g/mol. The van der Waals surface area contributed by atoms with Gasteiger partial charge in [0.2, 0.25) is 0 Å². The Bertz CT molecular complexity index is 1610. The molecule has 0 aromatic carbocycles. The Labute approximate surface area is 452 Å². The summed E-state index contributed by atoms with van der Waals surface area (Å²) in [6.07, 6.45) is 46.0. The van der Waals surface area contributed by atoms with Crippen molar-refractivity contribution in [3.8, 4) is 0 Å². The first-order valence-electron chi connectivity index (χ1n) is 28.8. The predicted octanol–water partition coefficient (Wildman–Crippen LogP) is 10.2. The van der Waals surface area contributed by atoms with Crippen LogP contribution >= 0.6 is 0 Å². The highest BCUT2D eigenvalue weighted by atomic mass is 16.7. The molecule has 2 aliphatic heterocycles. The highest BCUT2D eigenvalue weighted by Gasteiger charge is 2.47. The van der Waals surface area contributed by atoms with Crippen LogP contribution in [0.1, 0.15) is 181 Å². The summed E-state index contributed by atoms with van der Waals surface area (Å²) in [5.41, 5.74) is 0. The second-order valence-corrected chi connectivity index (χ2v) is 19.7. The summed E-state index contributed by atoms with van der Waals surface area (Å²) in [5.74, 6) is -0.394. The zero-order chi connectivity index (χ0) is 54.4. The molecule has 0 amide bonds. The molecule has 75 heavy (non-hydrogen) atoms. The third kappa shape index (κ3) is 33.7. The third-order valence-electron chi connectivity index (χ3n) is 13.1. The van der Waals surface area contributed by atoms with Crippen molar-refractivity contribution in [2.45, 2.75) is 248 Å². The van der Waals surface area contributed by atoms with Crippen molar-refractivity contribution in [1.82, 2.24) is 0 Å². The van der Waals surface area contributed by atoms with E-state index in [0.29, 0.717) is 13.0 Å². The van der Waals surface area contributed by atoms with Crippen molar-refractivity contribution in [3.63, 3.8) is 0 Å². The van der Waals surface area contributed by atoms with E-state index in [-0.39, 0.29) is 19.6 Å². The van der Waals surface area contributed by atoms with Gasteiger partial charge in [-0.2, -0.15) is 0 Å². The van der Waals surface area contributed by atoms with Crippen molar-refractivity contribution < 1.29 is 69.0 Å². The molecule has 0 spiro atoms. The molecule has 11 atom stereocenters. The molecule has 0 aliphatic carbocycles. The molecular weight excluding hydrogens is 957 g/mol. The van der Waals surface area contributed by atoms with E-state index in [1.807, 2.05) is 0 Å². The Kier molecular flexibility index (Phi) is 42.6. The van der Waals surface area contributed by atoms with Crippen LogP contribution in [0.2, 0.25) is 0 Å². The lowest BCUT2D eigenvalue weighted by Crippen LogP contribution is -2.61. The summed E-state index contributed by atoms with van der Waals surface area (Å²) in [7, 11) is 0. The Balaban J connectivity index is 1.73. The fraction of sp³-hybridized carbons (Fsp3) is 0.721. The fourth-order valence-corrected chi connectivity index (χ4v) is 8.50. The van der Waals surface area contributed by atoms with Crippen molar-refractivity contribution >= 4 is 5.97 Å². The molecule has 14 nitrogen and oxygen atoms in total. The fourth-order valence-electron chi connectivity index (χ4n) is 8.50. The molecule has 2 aliphatic rings. The molecule has 0 bridgehead atoms. The van der Waals surface area contributed by atoms with E-state index in [1.54, 1.807) is 0 Å². The van der Waals surface area contributed by atoms with Crippen LogP contribution in [0.15, 0.2) is 97.2 Å². The Morgan fingerprint density at radius 2 is 0.827 bits per heavy atom. The van der Waals surface area contributed by atoms with Crippen LogP contribution in [0.5, 0.6) is 0 Å². The number of unbranched alkanes of at least 4 members (excludes halogenated alkanes) is 15. The highest BCUT2D eigenvalue weighted by molar-refractivity contribution is 5.69. The molecule has 0 radical (unpaired) electrons. The number of esters is 1. The molecule has 14 heteroatoms. The maximum Gasteiger partial charge on any atom is 0.306 e. The first-order valence-corrected chi connectivity index (χ1v) is 28.8. The lowest BCUT2D eigenvalue weighted by Gasteiger charge is -2.42. The van der Waals surface area contributed by atoms with Crippen LogP contribution < -0.4 is 0 Å². The third-order valence-corrected chi connectivity index (χ3v) is 13.1. The van der Waals surface area contributed by atoms with E-state index in [1.165, 1.54) is 38.5 Å². The average Bonchev–Trinajstić information content (AvgIpc) is 3.41. The normalized spacial score (nSPS) is 25.3. The lowest BCUT2D eigenvalue weighted by atomic mass is 9.98. The van der Waals surface area contributed by atoms with Crippen LogP contribution in [-0.4, -0.2) is 142 Å². The lowest BCUT2D eigenvalue weighted by molar-refractivity contribution is -0.332. The topological polar surface area (TPSA) is 214 Å². The quantitative estimate of drug-likeness (QED) is 0.0172. The zero-order valence-corrected chi connectivity index (χ0v) is 46.0. The van der Waals surface area contributed by atoms with Gasteiger partial charge in [-0.05, 0) is 89.9 Å². The van der Waals surface area contributed by atoms with Gasteiger partial charge in [0.1, 0.15) is 54.9 Å². The van der Waals surface area contributed by atoms with Crippen LogP contribution in [-0.2, 0) is 33.2 Å². The summed E-state index contributed by atoms with van der Waals surface area (Å²) >= 11 is 0. The maximum atomic E-state index is 13.1. The van der Waals surface area contributed by atoms with E-state index in [9.17, 15) is 40.5 Å². The van der Waals surface area contributed by atoms with E-state index in [4.69, 9.17) is 28.4 Å². The number of carbonyl (C=O) groups is 1. The van der Waals surface area contributed by atoms with Crippen molar-refractivity contribution in [2.75, 3.05) is 33.0 Å². The minimum absolute atomic E-state index is 0.0457. The van der Waals surface area contributed by atoms with Gasteiger partial charge >= 0.3 is 5.97 Å². The summed E-state index contributed by atoms with van der Waals surface area (Å²) in [5, 5.41) is 72.4. The molecule has 0 aromatic heterocycles. The summed E-state index contributed by atoms with van der Waals surface area (Å²) in [4.78, 5) is 13.1. The molecule has 0 saturated carbocycles. The van der Waals surface area contributed by atoms with Crippen molar-refractivity contribution in [3.05, 3.63) is 97.2 Å². The van der Waals surface area contributed by atoms with E-state index in [0.717, 1.165) is 116 Å². The minimum atomic E-state index is -1.72. The Morgan fingerprint density at radius 1 is 0.440 bits per heavy atom. The molecule has 2 heterocycles. The number of hydrogen-bond donors (Lipinski definition) is 7. The largest absolute Gasteiger partial charge is 0.457 e. The van der Waals surface area contributed by atoms with Gasteiger partial charge in [-0.15, -0.1) is 0 Å². The SMILES string of the molecule is CC/C=C\C/C=C\C/C=C\C/C=C\C/C=C\CCCCCCCCCC(=O)OC(COCCCCCCCCCC/C=C\C/C=C\C/C=C\CC)COC1OC(COC2OC(CO)C(O)C(O)C2O)C(O)C(O)C1O. The van der Waals surface area contributed by atoms with Crippen LogP contribution in [0.25, 0.3) is 0 Å². The summed E-state index contributed by atoms with van der Waals surface area (Å²) < 4.78 is 34.4. The molecule has 430 valence electrons. The number of aliphatic hydroxyl groups excluding tert-OH is 7. The van der Waals surface area contributed by atoms with Gasteiger partial charge in [0, 0.05) is 13.0 Å². The highest BCUT2D eigenvalue weighted by Crippen LogP contribution is 2.26. The van der Waals surface area contributed by atoms with Gasteiger partial charge in [-0.3, -0.25) is 4.79 Å². The van der Waals surface area contributed by atoms with E-state index < -0.39 is 86.7 Å². The van der Waals surface area contributed by atoms with Gasteiger partial charge in [0.25, 0.3) is 0 Å². The maximum absolute atomic E-state index is 13.1. The van der Waals surface area contributed by atoms with Crippen LogP contribution in [0.4, 0.5) is 0 Å². The first-order chi connectivity index (χ1) is 36.6. The number of ether oxygens (including phenoxy) is 6. The predicted molar refractivity (Wildman–Crippen MR) is 298 cm³/mol. The van der Waals surface area contributed by atoms with Gasteiger partial charge in [-0.25, -0.2) is 0 Å². The van der Waals surface area contributed by atoms with Crippen molar-refractivity contribution in [1.29, 1.82) is 0 Å². The second-order valence-electron chi connectivity index (χ2n) is 19.7. The molecule has 7 N–H and O–H groups in total. The number of allylic oxidation sites excluding steroid dienone is 16. The molecule has 2 saturated heterocycles. The number of carbonyl (C=O) groups excluding carboxylic acids is 1. The van der Waals surface area contributed by atoms with E-state index >= 15 is 0 Å². The number of rotatable bonds is 45. The molecule has 2 fully saturated rings. The number of aliphatic hydroxyl groups is 7. The smallest absolute Gasteiger partial charge is 0.306 e. The summed E-state index contributed by atoms with van der Waals surface area (Å²) in [6.45, 7) is 3.42. The van der Waals surface area contributed by atoms with Gasteiger partial charge in [0.15, 0.2) is 12.6 Å². The Morgan fingerprint density at radius 3 is 1.29 bits per heavy atom. The molecule has 11 unspecified atom stereocenters. The van der Waals surface area contributed by atoms with Crippen molar-refractivity contribution in [2.24, 2.45) is 0 Å². The zero-order valence-electron chi connectivity index (χ0n) is 46.0. The van der Waals surface area contributed by atoms with Gasteiger partial charge < -0.3 is 64.2 Å². The second kappa shape index (κ2) is 47.0. The van der Waals surface area contributed by atoms with Gasteiger partial charge in [-0.1, -0.05) is 182 Å². The standard InChI is InChI=1S/C61H102O14/c1-3-5-7-9-11-13-15-17-19-21-23-24-25-26-27-28-30-32-34-36-38-40-42-44-53(63)73-50(47-70-45-43-41-39-37-35-33-31-29-22-20-18-16-14-12-10-8-6-4-2)48-71-60-59(69)57(67)55(65)52(75-60)49-72-61-58(68)56(66)54(64)51(46-62)74-61/h5-8,11-14,17-20,23-24,26-27,50-52,54-62,64-69H,3-4,9-10,15-16,21-22,25,28-49H2,1-2H3/b7-5-,8-6-,13-11-,14-12-,19-17-,20-18-,24-23-,27-26-. The van der Waals surface area contributed by atoms with Gasteiger partial charge in [0.05, 0.1) is 26.4 Å². The summed E-state index contributed by atoms with van der Waals surface area (Å²) in [6, 6.07) is 0. The molecule has 0 aromatic rings. The molecule has 2 rings (SSSR count). The minimum Gasteiger partial charge on any atom is -0.457 e. The monoisotopic (exact) mass is 1060 g/mol. The van der Waals surface area contributed by atoms with E-state index in [2.05, 4.69) is 111 Å².